The summed E-state index contributed by atoms with van der Waals surface area (Å²) in [6, 6.07) is 13.6. The highest BCUT2D eigenvalue weighted by Crippen LogP contribution is 2.30. The van der Waals surface area contributed by atoms with Gasteiger partial charge >= 0.3 is 5.97 Å². The minimum Gasteiger partial charge on any atom is -0.482 e. The number of carboxylic acid groups (broad SMARTS) is 1. The summed E-state index contributed by atoms with van der Waals surface area (Å²) in [6.07, 6.45) is 1.68. The van der Waals surface area contributed by atoms with E-state index in [9.17, 15) is 13.6 Å². The molecule has 168 valence electrons. The van der Waals surface area contributed by atoms with E-state index in [1.165, 1.54) is 17.7 Å². The maximum absolute atomic E-state index is 13.4. The van der Waals surface area contributed by atoms with Gasteiger partial charge in [-0.05, 0) is 36.1 Å². The second kappa shape index (κ2) is 9.08. The minimum absolute atomic E-state index is 0.0401. The molecule has 2 aromatic carbocycles. The van der Waals surface area contributed by atoms with Gasteiger partial charge in [0, 0.05) is 43.8 Å². The van der Waals surface area contributed by atoms with Gasteiger partial charge in [-0.25, -0.2) is 13.6 Å². The van der Waals surface area contributed by atoms with Crippen LogP contribution in [-0.2, 0) is 30.1 Å². The second-order valence-electron chi connectivity index (χ2n) is 8.04. The lowest BCUT2D eigenvalue weighted by Crippen LogP contribution is -2.26. The number of hydrogen-bond acceptors (Lipinski definition) is 5. The molecule has 1 aliphatic rings. The summed E-state index contributed by atoms with van der Waals surface area (Å²) in [5.74, 6) is -2.77. The Hall–Kier alpha value is -3.26. The Morgan fingerprint density at radius 2 is 1.84 bits per heavy atom. The van der Waals surface area contributed by atoms with Crippen LogP contribution < -0.4 is 4.74 Å². The van der Waals surface area contributed by atoms with Crippen LogP contribution >= 0.6 is 0 Å². The summed E-state index contributed by atoms with van der Waals surface area (Å²) in [5.41, 5.74) is 3.82. The highest BCUT2D eigenvalue weighted by molar-refractivity contribution is 5.68. The maximum atomic E-state index is 13.4. The molecule has 0 unspecified atom stereocenters. The predicted octanol–water partition coefficient (Wildman–Crippen LogP) is 4.52. The molecule has 0 aliphatic carbocycles. The van der Waals surface area contributed by atoms with E-state index in [-0.39, 0.29) is 12.2 Å². The summed E-state index contributed by atoms with van der Waals surface area (Å²) >= 11 is 0. The number of fused-ring (bicyclic) bond motifs is 1. The lowest BCUT2D eigenvalue weighted by atomic mass is 10.0. The molecular weight excluding hydrogens is 418 g/mol. The number of halogens is 2. The lowest BCUT2D eigenvalue weighted by molar-refractivity contribution is -0.139. The summed E-state index contributed by atoms with van der Waals surface area (Å²) in [5, 5.41) is 12.9. The van der Waals surface area contributed by atoms with Crippen LogP contribution in [0.4, 0.5) is 8.78 Å². The standard InChI is InChI=1S/C24H24F2N2O4/c1-24(25,26)19-5-2-17(3-6-19)22-13-20(27-32-22)14-28-10-8-16-4-7-21(31-15-23(29)30)12-18(16)9-11-28/h2-7,12-13H,8-11,14-15H2,1H3,(H,29,30). The topological polar surface area (TPSA) is 75.8 Å². The van der Waals surface area contributed by atoms with Crippen LogP contribution in [0.15, 0.2) is 53.1 Å². The number of carboxylic acids is 1. The third-order valence-corrected chi connectivity index (χ3v) is 5.56. The molecule has 0 spiro atoms. The first-order valence-electron chi connectivity index (χ1n) is 10.4. The molecule has 1 aliphatic heterocycles. The van der Waals surface area contributed by atoms with E-state index >= 15 is 0 Å². The molecule has 0 amide bonds. The SMILES string of the molecule is CC(F)(F)c1ccc(-c2cc(CN3CCc4ccc(OCC(=O)O)cc4CC3)no2)cc1. The number of nitrogens with zero attached hydrogens (tertiary/aromatic N) is 2. The van der Waals surface area contributed by atoms with Crippen molar-refractivity contribution in [2.75, 3.05) is 19.7 Å². The highest BCUT2D eigenvalue weighted by atomic mass is 19.3. The van der Waals surface area contributed by atoms with Crippen LogP contribution in [0.1, 0.15) is 29.3 Å². The summed E-state index contributed by atoms with van der Waals surface area (Å²) < 4.78 is 37.5. The van der Waals surface area contributed by atoms with E-state index < -0.39 is 11.9 Å². The Morgan fingerprint density at radius 3 is 2.53 bits per heavy atom. The third kappa shape index (κ3) is 5.31. The van der Waals surface area contributed by atoms with E-state index in [1.807, 2.05) is 18.2 Å². The first-order chi connectivity index (χ1) is 15.3. The van der Waals surface area contributed by atoms with Crippen molar-refractivity contribution in [3.8, 4) is 17.1 Å². The van der Waals surface area contributed by atoms with Crippen LogP contribution in [0.25, 0.3) is 11.3 Å². The summed E-state index contributed by atoms with van der Waals surface area (Å²) in [7, 11) is 0. The molecule has 8 heteroatoms. The number of rotatable bonds is 7. The second-order valence-corrected chi connectivity index (χ2v) is 8.04. The van der Waals surface area contributed by atoms with E-state index in [0.29, 0.717) is 23.6 Å². The van der Waals surface area contributed by atoms with Crippen molar-refractivity contribution in [2.24, 2.45) is 0 Å². The van der Waals surface area contributed by atoms with Crippen molar-refractivity contribution >= 4 is 5.97 Å². The van der Waals surface area contributed by atoms with Gasteiger partial charge in [0.2, 0.25) is 0 Å². The molecule has 0 radical (unpaired) electrons. The molecule has 32 heavy (non-hydrogen) atoms. The average molecular weight is 442 g/mol. The Balaban J connectivity index is 1.38. The largest absolute Gasteiger partial charge is 0.482 e. The fraction of sp³-hybridized carbons (Fsp3) is 0.333. The smallest absolute Gasteiger partial charge is 0.341 e. The van der Waals surface area contributed by atoms with Gasteiger partial charge in [0.1, 0.15) is 5.75 Å². The normalized spacial score (nSPS) is 14.6. The maximum Gasteiger partial charge on any atom is 0.341 e. The van der Waals surface area contributed by atoms with Crippen LogP contribution in [0.3, 0.4) is 0 Å². The van der Waals surface area contributed by atoms with Gasteiger partial charge in [0.05, 0.1) is 5.69 Å². The van der Waals surface area contributed by atoms with Crippen LogP contribution in [0, 0.1) is 0 Å². The Labute approximate surface area is 184 Å². The number of hydrogen-bond donors (Lipinski definition) is 1. The van der Waals surface area contributed by atoms with Gasteiger partial charge < -0.3 is 14.4 Å². The molecule has 0 atom stereocenters. The monoisotopic (exact) mass is 442 g/mol. The van der Waals surface area contributed by atoms with Crippen LogP contribution in [0.5, 0.6) is 5.75 Å². The van der Waals surface area contributed by atoms with Gasteiger partial charge in [-0.15, -0.1) is 0 Å². The highest BCUT2D eigenvalue weighted by Gasteiger charge is 2.24. The van der Waals surface area contributed by atoms with E-state index in [4.69, 9.17) is 14.4 Å². The van der Waals surface area contributed by atoms with E-state index in [0.717, 1.165) is 44.1 Å². The van der Waals surface area contributed by atoms with Crippen molar-refractivity contribution in [3.05, 3.63) is 70.9 Å². The molecule has 1 aromatic heterocycles. The van der Waals surface area contributed by atoms with Gasteiger partial charge in [-0.2, -0.15) is 0 Å². The first kappa shape index (κ1) is 22.0. The van der Waals surface area contributed by atoms with Crippen LogP contribution in [-0.4, -0.2) is 40.8 Å². The number of ether oxygens (including phenoxy) is 1. The van der Waals surface area contributed by atoms with E-state index in [1.54, 1.807) is 18.2 Å². The van der Waals surface area contributed by atoms with Gasteiger partial charge in [-0.3, -0.25) is 4.90 Å². The molecule has 0 saturated carbocycles. The fourth-order valence-electron chi connectivity index (χ4n) is 3.82. The Morgan fingerprint density at radius 1 is 1.12 bits per heavy atom. The minimum atomic E-state index is -2.88. The third-order valence-electron chi connectivity index (χ3n) is 5.56. The molecular formula is C24H24F2N2O4. The molecule has 0 saturated heterocycles. The average Bonchev–Trinajstić information content (AvgIpc) is 3.13. The Bertz CT molecular complexity index is 1090. The number of carbonyl (C=O) groups is 1. The van der Waals surface area contributed by atoms with Crippen molar-refractivity contribution in [1.82, 2.24) is 10.1 Å². The van der Waals surface area contributed by atoms with Crippen molar-refractivity contribution in [3.63, 3.8) is 0 Å². The predicted molar refractivity (Wildman–Crippen MR) is 114 cm³/mol. The molecule has 2 heterocycles. The zero-order chi connectivity index (χ0) is 22.7. The van der Waals surface area contributed by atoms with Crippen molar-refractivity contribution in [2.45, 2.75) is 32.2 Å². The van der Waals surface area contributed by atoms with Gasteiger partial charge in [0.15, 0.2) is 12.4 Å². The molecule has 0 fully saturated rings. The van der Waals surface area contributed by atoms with Crippen LogP contribution in [0.2, 0.25) is 0 Å². The lowest BCUT2D eigenvalue weighted by Gasteiger charge is -2.17. The van der Waals surface area contributed by atoms with Gasteiger partial charge in [-0.1, -0.05) is 35.5 Å². The quantitative estimate of drug-likeness (QED) is 0.580. The van der Waals surface area contributed by atoms with E-state index in [2.05, 4.69) is 10.1 Å². The number of aromatic nitrogens is 1. The molecule has 1 N–H and O–H groups in total. The molecule has 3 aromatic rings. The summed E-state index contributed by atoms with van der Waals surface area (Å²) in [4.78, 5) is 13.0. The number of alkyl halides is 2. The zero-order valence-electron chi connectivity index (χ0n) is 17.7. The van der Waals surface area contributed by atoms with Crippen molar-refractivity contribution in [1.29, 1.82) is 0 Å². The van der Waals surface area contributed by atoms with Gasteiger partial charge in [0.25, 0.3) is 5.92 Å². The first-order valence-corrected chi connectivity index (χ1v) is 10.4. The summed E-state index contributed by atoms with van der Waals surface area (Å²) in [6.45, 7) is 2.80. The molecule has 6 nitrogen and oxygen atoms in total. The number of benzene rings is 2. The fourth-order valence-corrected chi connectivity index (χ4v) is 3.82. The molecule has 0 bridgehead atoms. The molecule has 4 rings (SSSR count). The zero-order valence-corrected chi connectivity index (χ0v) is 17.7. The Kier molecular flexibility index (Phi) is 6.23. The van der Waals surface area contributed by atoms with Crippen molar-refractivity contribution < 1.29 is 27.9 Å². The number of aliphatic carboxylic acids is 1.